The third-order valence-electron chi connectivity index (χ3n) is 3.47. The highest BCUT2D eigenvalue weighted by Gasteiger charge is 2.20. The Labute approximate surface area is 122 Å². The van der Waals surface area contributed by atoms with Gasteiger partial charge in [-0.1, -0.05) is 12.1 Å². The topological polar surface area (TPSA) is 53.0 Å². The van der Waals surface area contributed by atoms with E-state index in [9.17, 15) is 8.78 Å². The number of hydrogen-bond donors (Lipinski definition) is 1. The van der Waals surface area contributed by atoms with Gasteiger partial charge in [0.15, 0.2) is 11.6 Å². The first-order valence-electron chi connectivity index (χ1n) is 6.41. The summed E-state index contributed by atoms with van der Waals surface area (Å²) >= 11 is 0. The van der Waals surface area contributed by atoms with E-state index < -0.39 is 11.6 Å². The molecule has 0 saturated heterocycles. The van der Waals surface area contributed by atoms with Gasteiger partial charge in [0.2, 0.25) is 0 Å². The van der Waals surface area contributed by atoms with Crippen molar-refractivity contribution in [2.24, 2.45) is 0 Å². The molecule has 108 valence electrons. The number of anilines is 2. The molecule has 0 aliphatic heterocycles. The number of halogens is 2. The average Bonchev–Trinajstić information content (AvgIpc) is 2.45. The third-order valence-corrected chi connectivity index (χ3v) is 3.47. The van der Waals surface area contributed by atoms with Gasteiger partial charge in [0.05, 0.1) is 17.7 Å². The van der Waals surface area contributed by atoms with Crippen molar-refractivity contribution in [3.63, 3.8) is 0 Å². The zero-order chi connectivity index (χ0) is 15.6. The number of hydrogen-bond acceptors (Lipinski definition) is 3. The predicted molar refractivity (Wildman–Crippen MR) is 78.7 cm³/mol. The standard InChI is InChI=1S/C16H15F2N3/c1-10(12-4-3-5-13(20)8-12)21(2)16-14(17)6-11(9-19)7-15(16)18/h3-8,10H,20H2,1-2H3. The lowest BCUT2D eigenvalue weighted by Gasteiger charge is -2.28. The molecule has 3 nitrogen and oxygen atoms in total. The molecular formula is C16H15F2N3. The fraction of sp³-hybridized carbons (Fsp3) is 0.188. The van der Waals surface area contributed by atoms with Crippen LogP contribution in [0, 0.1) is 23.0 Å². The summed E-state index contributed by atoms with van der Waals surface area (Å²) in [6, 6.07) is 10.7. The van der Waals surface area contributed by atoms with Crippen molar-refractivity contribution < 1.29 is 8.78 Å². The number of benzene rings is 2. The van der Waals surface area contributed by atoms with Crippen LogP contribution >= 0.6 is 0 Å². The second-order valence-electron chi connectivity index (χ2n) is 4.86. The van der Waals surface area contributed by atoms with Crippen LogP contribution in [0.1, 0.15) is 24.1 Å². The number of nitrogens with zero attached hydrogens (tertiary/aromatic N) is 2. The third kappa shape index (κ3) is 2.95. The summed E-state index contributed by atoms with van der Waals surface area (Å²) in [7, 11) is 1.60. The summed E-state index contributed by atoms with van der Waals surface area (Å²) in [5.74, 6) is -1.52. The summed E-state index contributed by atoms with van der Waals surface area (Å²) in [4.78, 5) is 1.49. The van der Waals surface area contributed by atoms with Gasteiger partial charge in [-0.15, -0.1) is 0 Å². The molecule has 0 aliphatic rings. The smallest absolute Gasteiger partial charge is 0.150 e. The van der Waals surface area contributed by atoms with Gasteiger partial charge in [0.1, 0.15) is 5.69 Å². The van der Waals surface area contributed by atoms with Crippen LogP contribution in [0.3, 0.4) is 0 Å². The lowest BCUT2D eigenvalue weighted by Crippen LogP contribution is -2.24. The van der Waals surface area contributed by atoms with Gasteiger partial charge in [-0.3, -0.25) is 0 Å². The van der Waals surface area contributed by atoms with E-state index in [4.69, 9.17) is 11.0 Å². The van der Waals surface area contributed by atoms with E-state index >= 15 is 0 Å². The summed E-state index contributed by atoms with van der Waals surface area (Å²) in [5, 5.41) is 8.72. The van der Waals surface area contributed by atoms with Crippen LogP contribution in [0.4, 0.5) is 20.2 Å². The molecule has 2 aromatic rings. The second-order valence-corrected chi connectivity index (χ2v) is 4.86. The van der Waals surface area contributed by atoms with Crippen LogP contribution in [0.5, 0.6) is 0 Å². The van der Waals surface area contributed by atoms with Gasteiger partial charge in [-0.05, 0) is 36.8 Å². The van der Waals surface area contributed by atoms with E-state index in [0.29, 0.717) is 5.69 Å². The Bertz CT molecular complexity index is 684. The number of nitriles is 1. The molecule has 5 heteroatoms. The molecule has 0 radical (unpaired) electrons. The molecule has 0 saturated carbocycles. The van der Waals surface area contributed by atoms with Gasteiger partial charge in [0.25, 0.3) is 0 Å². The van der Waals surface area contributed by atoms with E-state index in [2.05, 4.69) is 0 Å². The highest BCUT2D eigenvalue weighted by atomic mass is 19.1. The first-order valence-corrected chi connectivity index (χ1v) is 6.41. The average molecular weight is 287 g/mol. The first-order chi connectivity index (χ1) is 9.93. The fourth-order valence-corrected chi connectivity index (χ4v) is 2.20. The van der Waals surface area contributed by atoms with Crippen molar-refractivity contribution in [2.75, 3.05) is 17.7 Å². The Morgan fingerprint density at radius 1 is 1.19 bits per heavy atom. The fourth-order valence-electron chi connectivity index (χ4n) is 2.20. The molecular weight excluding hydrogens is 272 g/mol. The van der Waals surface area contributed by atoms with Gasteiger partial charge >= 0.3 is 0 Å². The molecule has 0 fully saturated rings. The van der Waals surface area contributed by atoms with Crippen LogP contribution in [-0.4, -0.2) is 7.05 Å². The number of nitrogen functional groups attached to an aromatic ring is 1. The minimum atomic E-state index is -0.759. The lowest BCUT2D eigenvalue weighted by molar-refractivity contribution is 0.565. The van der Waals surface area contributed by atoms with Crippen LogP contribution in [0.25, 0.3) is 0 Å². The maximum Gasteiger partial charge on any atom is 0.150 e. The molecule has 2 rings (SSSR count). The lowest BCUT2D eigenvalue weighted by atomic mass is 10.1. The number of rotatable bonds is 3. The van der Waals surface area contributed by atoms with Gasteiger partial charge in [-0.25, -0.2) is 8.78 Å². The van der Waals surface area contributed by atoms with E-state index in [1.165, 1.54) is 4.90 Å². The summed E-state index contributed by atoms with van der Waals surface area (Å²) in [5.41, 5.74) is 6.96. The Hall–Kier alpha value is -2.61. The van der Waals surface area contributed by atoms with Crippen LogP contribution in [0.15, 0.2) is 36.4 Å². The Morgan fingerprint density at radius 3 is 2.33 bits per heavy atom. The summed E-state index contributed by atoms with van der Waals surface area (Å²) in [6.45, 7) is 1.83. The van der Waals surface area contributed by atoms with Crippen molar-refractivity contribution in [3.8, 4) is 6.07 Å². The normalized spacial score (nSPS) is 11.8. The monoisotopic (exact) mass is 287 g/mol. The molecule has 0 aliphatic carbocycles. The van der Waals surface area contributed by atoms with Crippen LogP contribution < -0.4 is 10.6 Å². The zero-order valence-corrected chi connectivity index (χ0v) is 11.8. The van der Waals surface area contributed by atoms with Crippen molar-refractivity contribution in [1.29, 1.82) is 5.26 Å². The molecule has 0 aromatic heterocycles. The first kappa shape index (κ1) is 14.8. The molecule has 1 unspecified atom stereocenters. The molecule has 1 atom stereocenters. The van der Waals surface area contributed by atoms with Crippen molar-refractivity contribution in [3.05, 3.63) is 59.2 Å². The molecule has 21 heavy (non-hydrogen) atoms. The highest BCUT2D eigenvalue weighted by Crippen LogP contribution is 2.31. The zero-order valence-electron chi connectivity index (χ0n) is 11.8. The maximum absolute atomic E-state index is 14.0. The Balaban J connectivity index is 2.40. The minimum Gasteiger partial charge on any atom is -0.399 e. The van der Waals surface area contributed by atoms with E-state index in [0.717, 1.165) is 17.7 Å². The quantitative estimate of drug-likeness (QED) is 0.877. The van der Waals surface area contributed by atoms with E-state index in [-0.39, 0.29) is 17.3 Å². The maximum atomic E-state index is 14.0. The van der Waals surface area contributed by atoms with Gasteiger partial charge in [0, 0.05) is 12.7 Å². The van der Waals surface area contributed by atoms with Crippen molar-refractivity contribution in [2.45, 2.75) is 13.0 Å². The van der Waals surface area contributed by atoms with Gasteiger partial charge in [-0.2, -0.15) is 5.26 Å². The largest absolute Gasteiger partial charge is 0.399 e. The molecule has 0 bridgehead atoms. The SMILES string of the molecule is CC(c1cccc(N)c1)N(C)c1c(F)cc(C#N)cc1F. The second kappa shape index (κ2) is 5.80. The molecule has 0 spiro atoms. The molecule has 0 amide bonds. The highest BCUT2D eigenvalue weighted by molar-refractivity contribution is 5.54. The van der Waals surface area contributed by atoms with E-state index in [1.54, 1.807) is 31.3 Å². The van der Waals surface area contributed by atoms with E-state index in [1.807, 2.05) is 13.0 Å². The van der Waals surface area contributed by atoms with Crippen LogP contribution in [-0.2, 0) is 0 Å². The van der Waals surface area contributed by atoms with Crippen molar-refractivity contribution in [1.82, 2.24) is 0 Å². The molecule has 2 aromatic carbocycles. The minimum absolute atomic E-state index is 0.0428. The molecule has 0 heterocycles. The number of nitrogens with two attached hydrogens (primary N) is 1. The van der Waals surface area contributed by atoms with Crippen molar-refractivity contribution >= 4 is 11.4 Å². The molecule has 2 N–H and O–H groups in total. The summed E-state index contributed by atoms with van der Waals surface area (Å²) in [6.07, 6.45) is 0. The Kier molecular flexibility index (Phi) is 4.08. The Morgan fingerprint density at radius 2 is 1.81 bits per heavy atom. The van der Waals surface area contributed by atoms with Gasteiger partial charge < -0.3 is 10.6 Å². The predicted octanol–water partition coefficient (Wildman–Crippen LogP) is 3.62. The summed E-state index contributed by atoms with van der Waals surface area (Å²) < 4.78 is 28.1. The van der Waals surface area contributed by atoms with Crippen LogP contribution in [0.2, 0.25) is 0 Å².